The van der Waals surface area contributed by atoms with Crippen molar-refractivity contribution in [2.24, 2.45) is 0 Å². The minimum absolute atomic E-state index is 0.0349. The summed E-state index contributed by atoms with van der Waals surface area (Å²) in [5, 5.41) is 13.6. The summed E-state index contributed by atoms with van der Waals surface area (Å²) < 4.78 is 0. The van der Waals surface area contributed by atoms with Crippen molar-refractivity contribution in [2.45, 2.75) is 59.0 Å². The van der Waals surface area contributed by atoms with Crippen molar-refractivity contribution >= 4 is 5.91 Å². The van der Waals surface area contributed by atoms with Crippen LogP contribution < -0.4 is 5.32 Å². The first kappa shape index (κ1) is 16.8. The number of nitrogens with zero attached hydrogens (tertiary/aromatic N) is 1. The van der Waals surface area contributed by atoms with E-state index in [1.54, 1.807) is 6.92 Å². The molecule has 0 aromatic heterocycles. The fourth-order valence-electron chi connectivity index (χ4n) is 3.25. The first-order chi connectivity index (χ1) is 10.4. The number of piperidine rings is 1. The molecule has 1 amide bonds. The van der Waals surface area contributed by atoms with Gasteiger partial charge in [0.25, 0.3) is 0 Å². The molecule has 4 nitrogen and oxygen atoms in total. The van der Waals surface area contributed by atoms with E-state index < -0.39 is 0 Å². The zero-order valence-electron chi connectivity index (χ0n) is 14.1. The predicted molar refractivity (Wildman–Crippen MR) is 89.0 cm³/mol. The summed E-state index contributed by atoms with van der Waals surface area (Å²) in [6.45, 7) is 10.4. The lowest BCUT2D eigenvalue weighted by Crippen LogP contribution is -2.46. The highest BCUT2D eigenvalue weighted by Crippen LogP contribution is 2.32. The highest BCUT2D eigenvalue weighted by Gasteiger charge is 2.22. The Bertz CT molecular complexity index is 540. The number of benzene rings is 1. The third-order valence-corrected chi connectivity index (χ3v) is 4.46. The molecule has 1 aliphatic rings. The van der Waals surface area contributed by atoms with Crippen molar-refractivity contribution in [3.63, 3.8) is 0 Å². The maximum atomic E-state index is 11.2. The van der Waals surface area contributed by atoms with E-state index >= 15 is 0 Å². The molecule has 1 fully saturated rings. The van der Waals surface area contributed by atoms with Gasteiger partial charge in [0.15, 0.2) is 0 Å². The Kier molecular flexibility index (Phi) is 5.46. The lowest BCUT2D eigenvalue weighted by molar-refractivity contribution is -0.120. The van der Waals surface area contributed by atoms with Crippen molar-refractivity contribution in [1.82, 2.24) is 10.2 Å². The van der Waals surface area contributed by atoms with E-state index in [4.69, 9.17) is 0 Å². The fraction of sp³-hybridized carbons (Fsp3) is 0.611. The minimum atomic E-state index is 0.0349. The molecule has 0 saturated carbocycles. The van der Waals surface area contributed by atoms with Crippen molar-refractivity contribution in [3.8, 4) is 5.75 Å². The van der Waals surface area contributed by atoms with E-state index in [-0.39, 0.29) is 11.9 Å². The van der Waals surface area contributed by atoms with Crippen molar-refractivity contribution in [2.75, 3.05) is 13.1 Å². The number of carbonyl (C=O) groups excluding carboxylic acids is 1. The molecule has 22 heavy (non-hydrogen) atoms. The highest BCUT2D eigenvalue weighted by molar-refractivity contribution is 5.73. The number of hydrogen-bond acceptors (Lipinski definition) is 3. The Morgan fingerprint density at radius 3 is 2.82 bits per heavy atom. The molecule has 1 aliphatic heterocycles. The van der Waals surface area contributed by atoms with Gasteiger partial charge in [0.05, 0.1) is 0 Å². The first-order valence-corrected chi connectivity index (χ1v) is 8.19. The Hall–Kier alpha value is -1.55. The quantitative estimate of drug-likeness (QED) is 0.899. The predicted octanol–water partition coefficient (Wildman–Crippen LogP) is 2.92. The van der Waals surface area contributed by atoms with Crippen LogP contribution in [0.3, 0.4) is 0 Å². The Morgan fingerprint density at radius 2 is 2.18 bits per heavy atom. The molecule has 1 aromatic rings. The maximum Gasteiger partial charge on any atom is 0.217 e. The summed E-state index contributed by atoms with van der Waals surface area (Å²) in [7, 11) is 0. The van der Waals surface area contributed by atoms with Gasteiger partial charge in [-0.25, -0.2) is 0 Å². The van der Waals surface area contributed by atoms with Crippen LogP contribution in [0.15, 0.2) is 12.1 Å². The molecular formula is C18H28N2O2. The van der Waals surface area contributed by atoms with Gasteiger partial charge in [-0.05, 0) is 43.4 Å². The van der Waals surface area contributed by atoms with Gasteiger partial charge < -0.3 is 10.4 Å². The van der Waals surface area contributed by atoms with Gasteiger partial charge in [-0.1, -0.05) is 26.0 Å². The Balaban J connectivity index is 2.13. The SMILES string of the molecule is CC(=O)N[C@H]1CCCN(Cc2c(C)ccc(C(C)C)c2O)C1. The van der Waals surface area contributed by atoms with Crippen LogP contribution in [0.1, 0.15) is 56.2 Å². The van der Waals surface area contributed by atoms with Crippen LogP contribution in [0, 0.1) is 6.92 Å². The number of hydrogen-bond donors (Lipinski definition) is 2. The molecule has 1 saturated heterocycles. The van der Waals surface area contributed by atoms with Crippen LogP contribution in [0.25, 0.3) is 0 Å². The lowest BCUT2D eigenvalue weighted by atomic mass is 9.95. The monoisotopic (exact) mass is 304 g/mol. The molecular weight excluding hydrogens is 276 g/mol. The number of amides is 1. The average molecular weight is 304 g/mol. The molecule has 4 heteroatoms. The zero-order valence-corrected chi connectivity index (χ0v) is 14.1. The summed E-state index contributed by atoms with van der Waals surface area (Å²) in [4.78, 5) is 13.6. The van der Waals surface area contributed by atoms with E-state index in [1.165, 1.54) is 0 Å². The third kappa shape index (κ3) is 4.01. The van der Waals surface area contributed by atoms with Gasteiger partial charge >= 0.3 is 0 Å². The molecule has 0 unspecified atom stereocenters. The molecule has 2 N–H and O–H groups in total. The molecule has 1 heterocycles. The van der Waals surface area contributed by atoms with Crippen LogP contribution in [-0.2, 0) is 11.3 Å². The number of phenolic OH excluding ortho intramolecular Hbond substituents is 1. The highest BCUT2D eigenvalue weighted by atomic mass is 16.3. The van der Waals surface area contributed by atoms with Crippen molar-refractivity contribution in [3.05, 3.63) is 28.8 Å². The molecule has 0 radical (unpaired) electrons. The van der Waals surface area contributed by atoms with Crippen LogP contribution in [-0.4, -0.2) is 35.0 Å². The first-order valence-electron chi connectivity index (χ1n) is 8.19. The Morgan fingerprint density at radius 1 is 1.45 bits per heavy atom. The number of rotatable bonds is 4. The van der Waals surface area contributed by atoms with E-state index in [0.29, 0.717) is 11.7 Å². The second-order valence-electron chi connectivity index (χ2n) is 6.73. The zero-order chi connectivity index (χ0) is 16.3. The van der Waals surface area contributed by atoms with Gasteiger partial charge in [0, 0.05) is 31.6 Å². The summed E-state index contributed by atoms with van der Waals surface area (Å²) >= 11 is 0. The molecule has 0 aliphatic carbocycles. The normalized spacial score (nSPS) is 19.4. The van der Waals surface area contributed by atoms with Gasteiger partial charge in [-0.2, -0.15) is 0 Å². The Labute approximate surface area is 133 Å². The van der Waals surface area contributed by atoms with E-state index in [1.807, 2.05) is 6.07 Å². The van der Waals surface area contributed by atoms with Gasteiger partial charge in [0.2, 0.25) is 5.91 Å². The van der Waals surface area contributed by atoms with Crippen LogP contribution in [0.5, 0.6) is 5.75 Å². The standard InChI is InChI=1S/C18H28N2O2/c1-12(2)16-8-7-13(3)17(18(16)22)11-20-9-5-6-15(10-20)19-14(4)21/h7-8,12,15,22H,5-6,9-11H2,1-4H3,(H,19,21)/t15-/m0/s1. The lowest BCUT2D eigenvalue weighted by Gasteiger charge is -2.33. The molecule has 0 spiro atoms. The van der Waals surface area contributed by atoms with Crippen LogP contribution in [0.2, 0.25) is 0 Å². The van der Waals surface area contributed by atoms with Gasteiger partial charge in [-0.15, -0.1) is 0 Å². The number of aromatic hydroxyl groups is 1. The minimum Gasteiger partial charge on any atom is -0.507 e. The fourth-order valence-corrected chi connectivity index (χ4v) is 3.25. The summed E-state index contributed by atoms with van der Waals surface area (Å²) in [5.41, 5.74) is 3.16. The molecule has 122 valence electrons. The van der Waals surface area contributed by atoms with Crippen LogP contribution in [0.4, 0.5) is 0 Å². The topological polar surface area (TPSA) is 52.6 Å². The number of carbonyl (C=O) groups is 1. The second kappa shape index (κ2) is 7.14. The molecule has 2 rings (SSSR count). The van der Waals surface area contributed by atoms with Gasteiger partial charge in [-0.3, -0.25) is 9.69 Å². The van der Waals surface area contributed by atoms with E-state index in [2.05, 4.69) is 37.1 Å². The number of phenols is 1. The molecule has 0 bridgehead atoms. The second-order valence-corrected chi connectivity index (χ2v) is 6.73. The maximum absolute atomic E-state index is 11.2. The number of nitrogens with one attached hydrogen (secondary N) is 1. The molecule has 1 atom stereocenters. The number of aryl methyl sites for hydroxylation is 1. The van der Waals surface area contributed by atoms with Gasteiger partial charge in [0.1, 0.15) is 5.75 Å². The van der Waals surface area contributed by atoms with Crippen molar-refractivity contribution in [1.29, 1.82) is 0 Å². The largest absolute Gasteiger partial charge is 0.507 e. The molecule has 1 aromatic carbocycles. The summed E-state index contributed by atoms with van der Waals surface area (Å²) in [5.74, 6) is 0.789. The third-order valence-electron chi connectivity index (χ3n) is 4.46. The smallest absolute Gasteiger partial charge is 0.217 e. The average Bonchev–Trinajstić information content (AvgIpc) is 2.42. The summed E-state index contributed by atoms with van der Waals surface area (Å²) in [6.07, 6.45) is 2.11. The summed E-state index contributed by atoms with van der Waals surface area (Å²) in [6, 6.07) is 4.34. The van der Waals surface area contributed by atoms with Crippen molar-refractivity contribution < 1.29 is 9.90 Å². The van der Waals surface area contributed by atoms with Crippen LogP contribution >= 0.6 is 0 Å². The number of likely N-dealkylation sites (tertiary alicyclic amines) is 1. The van der Waals surface area contributed by atoms with E-state index in [0.717, 1.165) is 49.2 Å². The van der Waals surface area contributed by atoms with E-state index in [9.17, 15) is 9.90 Å².